The van der Waals surface area contributed by atoms with Gasteiger partial charge in [0, 0.05) is 11.6 Å². The molecule has 0 aliphatic heterocycles. The fraction of sp³-hybridized carbons (Fsp3) is 0.273. The highest BCUT2D eigenvalue weighted by Gasteiger charge is 2.22. The van der Waals surface area contributed by atoms with Gasteiger partial charge in [-0.15, -0.1) is 0 Å². The van der Waals surface area contributed by atoms with Crippen LogP contribution in [0.4, 0.5) is 0 Å². The Bertz CT molecular complexity index is 479. The summed E-state index contributed by atoms with van der Waals surface area (Å²) in [6, 6.07) is 6.25. The fourth-order valence-corrected chi connectivity index (χ4v) is 2.19. The van der Waals surface area contributed by atoms with E-state index < -0.39 is 0 Å². The maximum Gasteiger partial charge on any atom is 0.214 e. The second-order valence-electron chi connectivity index (χ2n) is 3.77. The van der Waals surface area contributed by atoms with Crippen molar-refractivity contribution in [1.82, 2.24) is 10.1 Å². The number of nitrogens with two attached hydrogens (primary N) is 1. The molecule has 0 spiro atoms. The highest BCUT2D eigenvalue weighted by molar-refractivity contribution is 5.63. The molecule has 4 nitrogen and oxygen atoms in total. The molecule has 76 valence electrons. The van der Waals surface area contributed by atoms with Crippen LogP contribution in [0.2, 0.25) is 0 Å². The molecule has 1 atom stereocenters. The molecule has 0 bridgehead atoms. The molecule has 1 aliphatic rings. The van der Waals surface area contributed by atoms with E-state index in [9.17, 15) is 0 Å². The average molecular weight is 201 g/mol. The Morgan fingerprint density at radius 3 is 3.13 bits per heavy atom. The highest BCUT2D eigenvalue weighted by atomic mass is 16.5. The van der Waals surface area contributed by atoms with Gasteiger partial charge in [-0.2, -0.15) is 4.98 Å². The van der Waals surface area contributed by atoms with Crippen LogP contribution < -0.4 is 5.73 Å². The predicted octanol–water partition coefficient (Wildman–Crippen LogP) is 1.68. The molecule has 0 saturated carbocycles. The number of hydrogen-bond donors (Lipinski definition) is 1. The second-order valence-corrected chi connectivity index (χ2v) is 3.77. The Morgan fingerprint density at radius 1 is 1.40 bits per heavy atom. The molecule has 1 heterocycles. The molecule has 0 saturated heterocycles. The summed E-state index contributed by atoms with van der Waals surface area (Å²) in [7, 11) is 0. The smallest absolute Gasteiger partial charge is 0.214 e. The summed E-state index contributed by atoms with van der Waals surface area (Å²) >= 11 is 0. The Morgan fingerprint density at radius 2 is 2.33 bits per heavy atom. The van der Waals surface area contributed by atoms with Crippen LogP contribution in [0.5, 0.6) is 0 Å². The van der Waals surface area contributed by atoms with Crippen molar-refractivity contribution in [2.75, 3.05) is 0 Å². The summed E-state index contributed by atoms with van der Waals surface area (Å²) in [4.78, 5) is 4.07. The van der Waals surface area contributed by atoms with Gasteiger partial charge in [0.05, 0.1) is 0 Å². The van der Waals surface area contributed by atoms with Gasteiger partial charge in [-0.3, -0.25) is 0 Å². The largest absolute Gasteiger partial charge is 0.342 e. The van der Waals surface area contributed by atoms with Crippen LogP contribution in [0.1, 0.15) is 23.6 Å². The molecule has 2 N–H and O–H groups in total. The first-order valence-electron chi connectivity index (χ1n) is 5.00. The van der Waals surface area contributed by atoms with Crippen molar-refractivity contribution in [3.8, 4) is 11.4 Å². The normalized spacial score (nSPS) is 19.1. The molecular weight excluding hydrogens is 190 g/mol. The van der Waals surface area contributed by atoms with E-state index in [1.807, 2.05) is 12.1 Å². The summed E-state index contributed by atoms with van der Waals surface area (Å²) in [6.45, 7) is 0. The summed E-state index contributed by atoms with van der Waals surface area (Å²) in [5.41, 5.74) is 9.54. The highest BCUT2D eigenvalue weighted by Crippen LogP contribution is 2.35. The molecule has 0 fully saturated rings. The standard InChI is InChI=1S/C11H11N3O/c12-10-5-4-7-8(10)2-1-3-9(7)11-13-6-15-14-11/h1-3,6,10H,4-5,12H2. The minimum absolute atomic E-state index is 0.159. The zero-order valence-corrected chi connectivity index (χ0v) is 8.18. The zero-order valence-electron chi connectivity index (χ0n) is 8.18. The van der Waals surface area contributed by atoms with Gasteiger partial charge in [0.25, 0.3) is 0 Å². The van der Waals surface area contributed by atoms with Crippen LogP contribution in [0.25, 0.3) is 11.4 Å². The van der Waals surface area contributed by atoms with E-state index in [2.05, 4.69) is 16.2 Å². The van der Waals surface area contributed by atoms with Gasteiger partial charge in [0.15, 0.2) is 0 Å². The monoisotopic (exact) mass is 201 g/mol. The zero-order chi connectivity index (χ0) is 10.3. The summed E-state index contributed by atoms with van der Waals surface area (Å²) < 4.78 is 4.76. The van der Waals surface area contributed by atoms with E-state index in [0.29, 0.717) is 5.82 Å². The molecule has 4 heteroatoms. The molecule has 15 heavy (non-hydrogen) atoms. The fourth-order valence-electron chi connectivity index (χ4n) is 2.19. The molecule has 1 aliphatic carbocycles. The van der Waals surface area contributed by atoms with Gasteiger partial charge in [0.2, 0.25) is 12.2 Å². The SMILES string of the molecule is NC1CCc2c(-c3ncon3)cccc21. The second kappa shape index (κ2) is 3.17. The third kappa shape index (κ3) is 1.26. The van der Waals surface area contributed by atoms with Crippen LogP contribution in [-0.4, -0.2) is 10.1 Å². The van der Waals surface area contributed by atoms with Gasteiger partial charge in [-0.05, 0) is 24.0 Å². The Labute approximate surface area is 87.1 Å². The number of hydrogen-bond acceptors (Lipinski definition) is 4. The van der Waals surface area contributed by atoms with Crippen molar-refractivity contribution < 1.29 is 4.52 Å². The molecule has 1 unspecified atom stereocenters. The third-order valence-corrected chi connectivity index (χ3v) is 2.92. The number of benzene rings is 1. The Kier molecular flexibility index (Phi) is 1.82. The van der Waals surface area contributed by atoms with Crippen molar-refractivity contribution in [2.45, 2.75) is 18.9 Å². The number of aromatic nitrogens is 2. The maximum absolute atomic E-state index is 6.00. The van der Waals surface area contributed by atoms with E-state index in [-0.39, 0.29) is 6.04 Å². The number of fused-ring (bicyclic) bond motifs is 1. The van der Waals surface area contributed by atoms with Crippen molar-refractivity contribution >= 4 is 0 Å². The first-order chi connectivity index (χ1) is 7.36. The minimum Gasteiger partial charge on any atom is -0.342 e. The van der Waals surface area contributed by atoms with Gasteiger partial charge < -0.3 is 10.3 Å². The summed E-state index contributed by atoms with van der Waals surface area (Å²) in [5, 5.41) is 3.86. The van der Waals surface area contributed by atoms with Crippen LogP contribution >= 0.6 is 0 Å². The quantitative estimate of drug-likeness (QED) is 0.762. The van der Waals surface area contributed by atoms with Crippen LogP contribution in [0, 0.1) is 0 Å². The van der Waals surface area contributed by atoms with Gasteiger partial charge in [-0.25, -0.2) is 0 Å². The van der Waals surface area contributed by atoms with E-state index in [1.54, 1.807) is 0 Å². The number of nitrogens with zero attached hydrogens (tertiary/aromatic N) is 2. The lowest BCUT2D eigenvalue weighted by atomic mass is 10.0. The predicted molar refractivity (Wildman–Crippen MR) is 55.0 cm³/mol. The molecule has 1 aromatic heterocycles. The molecular formula is C11H11N3O. The molecule has 1 aromatic carbocycles. The van der Waals surface area contributed by atoms with Crippen molar-refractivity contribution in [3.63, 3.8) is 0 Å². The maximum atomic E-state index is 6.00. The van der Waals surface area contributed by atoms with E-state index in [4.69, 9.17) is 10.3 Å². The molecule has 2 aromatic rings. The molecule has 0 amide bonds. The lowest BCUT2D eigenvalue weighted by Gasteiger charge is -2.06. The Hall–Kier alpha value is -1.68. The average Bonchev–Trinajstić information content (AvgIpc) is 2.88. The van der Waals surface area contributed by atoms with Gasteiger partial charge in [-0.1, -0.05) is 23.4 Å². The van der Waals surface area contributed by atoms with Crippen molar-refractivity contribution in [3.05, 3.63) is 35.7 Å². The van der Waals surface area contributed by atoms with E-state index in [1.165, 1.54) is 17.5 Å². The summed E-state index contributed by atoms with van der Waals surface area (Å²) in [6.07, 6.45) is 3.36. The lowest BCUT2D eigenvalue weighted by molar-refractivity contribution is 0.418. The van der Waals surface area contributed by atoms with Crippen molar-refractivity contribution in [2.24, 2.45) is 5.73 Å². The van der Waals surface area contributed by atoms with Crippen molar-refractivity contribution in [1.29, 1.82) is 0 Å². The lowest BCUT2D eigenvalue weighted by Crippen LogP contribution is -2.04. The molecule has 0 radical (unpaired) electrons. The van der Waals surface area contributed by atoms with Gasteiger partial charge in [0.1, 0.15) is 0 Å². The van der Waals surface area contributed by atoms with Gasteiger partial charge >= 0.3 is 0 Å². The Balaban J connectivity index is 2.18. The van der Waals surface area contributed by atoms with Crippen LogP contribution in [0.15, 0.2) is 29.1 Å². The molecule has 3 rings (SSSR count). The minimum atomic E-state index is 0.159. The number of rotatable bonds is 1. The first kappa shape index (κ1) is 8.61. The summed E-state index contributed by atoms with van der Waals surface area (Å²) in [5.74, 6) is 0.654. The van der Waals surface area contributed by atoms with E-state index in [0.717, 1.165) is 18.4 Å². The third-order valence-electron chi connectivity index (χ3n) is 2.92. The van der Waals surface area contributed by atoms with Crippen LogP contribution in [0.3, 0.4) is 0 Å². The van der Waals surface area contributed by atoms with Crippen LogP contribution in [-0.2, 0) is 6.42 Å². The topological polar surface area (TPSA) is 64.9 Å². The van der Waals surface area contributed by atoms with E-state index >= 15 is 0 Å². The first-order valence-corrected chi connectivity index (χ1v) is 5.00.